The summed E-state index contributed by atoms with van der Waals surface area (Å²) < 4.78 is 5.00. The Labute approximate surface area is 129 Å². The first kappa shape index (κ1) is 15.2. The first-order chi connectivity index (χ1) is 9.95. The number of nitrogens with one attached hydrogen (secondary N) is 2. The van der Waals surface area contributed by atoms with Crippen LogP contribution in [0.5, 0.6) is 0 Å². The lowest BCUT2D eigenvalue weighted by atomic mass is 10.3. The highest BCUT2D eigenvalue weighted by Gasteiger charge is 2.10. The molecule has 0 saturated heterocycles. The van der Waals surface area contributed by atoms with Crippen LogP contribution in [-0.2, 0) is 6.54 Å². The Hall–Kier alpha value is -2.18. The number of aromatic carboxylic acids is 1. The van der Waals surface area contributed by atoms with Gasteiger partial charge < -0.3 is 20.2 Å². The number of urea groups is 1. The molecule has 1 aromatic heterocycles. The molecule has 1 heterocycles. The van der Waals surface area contributed by atoms with Crippen molar-refractivity contribution >= 4 is 40.9 Å². The van der Waals surface area contributed by atoms with Gasteiger partial charge in [-0.15, -0.1) is 0 Å². The summed E-state index contributed by atoms with van der Waals surface area (Å²) in [6.07, 6.45) is 0. The van der Waals surface area contributed by atoms with Crippen molar-refractivity contribution in [3.8, 4) is 0 Å². The summed E-state index contributed by atoms with van der Waals surface area (Å²) in [7, 11) is 0. The zero-order valence-corrected chi connectivity index (χ0v) is 12.0. The van der Waals surface area contributed by atoms with Crippen molar-refractivity contribution < 1.29 is 19.1 Å². The van der Waals surface area contributed by atoms with E-state index in [9.17, 15) is 9.59 Å². The maximum atomic E-state index is 11.7. The predicted octanol–water partition coefficient (Wildman–Crippen LogP) is 3.61. The maximum absolute atomic E-state index is 11.7. The van der Waals surface area contributed by atoms with Gasteiger partial charge in [-0.1, -0.05) is 23.2 Å². The summed E-state index contributed by atoms with van der Waals surface area (Å²) in [5, 5.41) is 14.5. The molecule has 0 aliphatic rings. The van der Waals surface area contributed by atoms with E-state index in [0.29, 0.717) is 21.5 Å². The third-order valence-corrected chi connectivity index (χ3v) is 3.04. The molecule has 2 amide bonds. The fourth-order valence-corrected chi connectivity index (χ4v) is 1.85. The van der Waals surface area contributed by atoms with Gasteiger partial charge in [-0.3, -0.25) is 0 Å². The van der Waals surface area contributed by atoms with Crippen molar-refractivity contribution in [3.63, 3.8) is 0 Å². The number of rotatable bonds is 4. The average molecular weight is 329 g/mol. The van der Waals surface area contributed by atoms with E-state index in [2.05, 4.69) is 10.6 Å². The number of furan rings is 1. The van der Waals surface area contributed by atoms with Crippen molar-refractivity contribution in [3.05, 3.63) is 51.9 Å². The molecule has 0 saturated carbocycles. The molecular weight excluding hydrogens is 319 g/mol. The second kappa shape index (κ2) is 6.51. The Balaban J connectivity index is 1.92. The molecule has 8 heteroatoms. The van der Waals surface area contributed by atoms with Gasteiger partial charge in [-0.2, -0.15) is 0 Å². The fraction of sp³-hybridized carbons (Fsp3) is 0.0769. The van der Waals surface area contributed by atoms with E-state index >= 15 is 0 Å². The Kier molecular flexibility index (Phi) is 4.72. The largest absolute Gasteiger partial charge is 0.475 e. The monoisotopic (exact) mass is 328 g/mol. The molecule has 21 heavy (non-hydrogen) atoms. The van der Waals surface area contributed by atoms with Gasteiger partial charge in [-0.05, 0) is 30.3 Å². The Morgan fingerprint density at radius 3 is 2.62 bits per heavy atom. The second-order valence-corrected chi connectivity index (χ2v) is 4.85. The normalized spacial score (nSPS) is 10.2. The number of carboxylic acid groups (broad SMARTS) is 1. The number of hydrogen-bond acceptors (Lipinski definition) is 3. The van der Waals surface area contributed by atoms with Crippen LogP contribution >= 0.6 is 23.2 Å². The minimum Gasteiger partial charge on any atom is -0.475 e. The molecule has 0 aliphatic carbocycles. The van der Waals surface area contributed by atoms with Gasteiger partial charge >= 0.3 is 12.0 Å². The summed E-state index contributed by atoms with van der Waals surface area (Å²) >= 11 is 11.7. The van der Waals surface area contributed by atoms with Gasteiger partial charge in [0.15, 0.2) is 0 Å². The quantitative estimate of drug-likeness (QED) is 0.799. The Morgan fingerprint density at radius 2 is 1.95 bits per heavy atom. The van der Waals surface area contributed by atoms with Crippen LogP contribution in [-0.4, -0.2) is 17.1 Å². The minimum atomic E-state index is -1.17. The number of anilines is 1. The third-order valence-electron chi connectivity index (χ3n) is 2.47. The molecule has 1 aromatic carbocycles. The molecule has 2 aromatic rings. The standard InChI is InChI=1S/C13H10Cl2N2O4/c14-7-1-3-9(15)10(5-7)17-13(20)16-6-8-2-4-11(21-8)12(18)19/h1-5H,6H2,(H,18,19)(H2,16,17,20). The molecule has 0 bridgehead atoms. The topological polar surface area (TPSA) is 91.6 Å². The SMILES string of the molecule is O=C(NCc1ccc(C(=O)O)o1)Nc1cc(Cl)ccc1Cl. The van der Waals surface area contributed by atoms with E-state index in [4.69, 9.17) is 32.7 Å². The number of carbonyl (C=O) groups excluding carboxylic acids is 1. The van der Waals surface area contributed by atoms with Crippen LogP contribution < -0.4 is 10.6 Å². The highest BCUT2D eigenvalue weighted by atomic mass is 35.5. The van der Waals surface area contributed by atoms with E-state index in [-0.39, 0.29) is 12.3 Å². The van der Waals surface area contributed by atoms with Gasteiger partial charge in [0, 0.05) is 5.02 Å². The molecule has 2 rings (SSSR count). The summed E-state index contributed by atoms with van der Waals surface area (Å²) in [5.74, 6) is -1.04. The lowest BCUT2D eigenvalue weighted by Gasteiger charge is -2.08. The number of benzene rings is 1. The summed E-state index contributed by atoms with van der Waals surface area (Å²) in [6.45, 7) is 0.0390. The molecule has 0 fully saturated rings. The van der Waals surface area contributed by atoms with Gasteiger partial charge in [-0.25, -0.2) is 9.59 Å². The highest BCUT2D eigenvalue weighted by molar-refractivity contribution is 6.35. The molecule has 0 aliphatic heterocycles. The summed E-state index contributed by atoms with van der Waals surface area (Å²) in [6, 6.07) is 6.93. The average Bonchev–Trinajstić information content (AvgIpc) is 2.90. The maximum Gasteiger partial charge on any atom is 0.371 e. The van der Waals surface area contributed by atoms with Crippen LogP contribution in [0, 0.1) is 0 Å². The molecule has 3 N–H and O–H groups in total. The summed E-state index contributed by atoms with van der Waals surface area (Å²) in [5.41, 5.74) is 0.368. The van der Waals surface area contributed by atoms with Crippen LogP contribution in [0.2, 0.25) is 10.0 Å². The molecule has 6 nitrogen and oxygen atoms in total. The molecule has 0 spiro atoms. The van der Waals surface area contributed by atoms with Gasteiger partial charge in [0.05, 0.1) is 17.3 Å². The first-order valence-electron chi connectivity index (χ1n) is 5.77. The van der Waals surface area contributed by atoms with Gasteiger partial charge in [0.1, 0.15) is 5.76 Å². The Morgan fingerprint density at radius 1 is 1.19 bits per heavy atom. The lowest BCUT2D eigenvalue weighted by molar-refractivity contribution is 0.0660. The van der Waals surface area contributed by atoms with E-state index < -0.39 is 12.0 Å². The van der Waals surface area contributed by atoms with E-state index in [1.54, 1.807) is 12.1 Å². The Bertz CT molecular complexity index is 685. The van der Waals surface area contributed by atoms with E-state index in [1.807, 2.05) is 0 Å². The lowest BCUT2D eigenvalue weighted by Crippen LogP contribution is -2.28. The van der Waals surface area contributed by atoms with Crippen LogP contribution in [0.15, 0.2) is 34.7 Å². The zero-order chi connectivity index (χ0) is 15.4. The molecule has 0 atom stereocenters. The van der Waals surface area contributed by atoms with Gasteiger partial charge in [0.2, 0.25) is 5.76 Å². The molecular formula is C13H10Cl2N2O4. The molecule has 0 radical (unpaired) electrons. The minimum absolute atomic E-state index is 0.0390. The zero-order valence-electron chi connectivity index (χ0n) is 10.5. The molecule has 0 unspecified atom stereocenters. The van der Waals surface area contributed by atoms with Crippen molar-refractivity contribution in [2.24, 2.45) is 0 Å². The van der Waals surface area contributed by atoms with Crippen molar-refractivity contribution in [2.75, 3.05) is 5.32 Å². The fourth-order valence-electron chi connectivity index (χ4n) is 1.52. The number of hydrogen-bond donors (Lipinski definition) is 3. The van der Waals surface area contributed by atoms with E-state index in [1.165, 1.54) is 18.2 Å². The van der Waals surface area contributed by atoms with Crippen LogP contribution in [0.1, 0.15) is 16.3 Å². The van der Waals surface area contributed by atoms with Crippen molar-refractivity contribution in [1.82, 2.24) is 5.32 Å². The number of carbonyl (C=O) groups is 2. The predicted molar refractivity (Wildman–Crippen MR) is 78.0 cm³/mol. The number of amides is 2. The highest BCUT2D eigenvalue weighted by Crippen LogP contribution is 2.25. The third kappa shape index (κ3) is 4.14. The smallest absolute Gasteiger partial charge is 0.371 e. The summed E-state index contributed by atoms with van der Waals surface area (Å²) in [4.78, 5) is 22.4. The van der Waals surface area contributed by atoms with Gasteiger partial charge in [0.25, 0.3) is 0 Å². The van der Waals surface area contributed by atoms with Crippen LogP contribution in [0.4, 0.5) is 10.5 Å². The van der Waals surface area contributed by atoms with Crippen LogP contribution in [0.3, 0.4) is 0 Å². The second-order valence-electron chi connectivity index (χ2n) is 4.00. The number of halogens is 2. The molecule has 110 valence electrons. The number of carboxylic acids is 1. The van der Waals surface area contributed by atoms with Crippen LogP contribution in [0.25, 0.3) is 0 Å². The van der Waals surface area contributed by atoms with Crippen molar-refractivity contribution in [1.29, 1.82) is 0 Å². The van der Waals surface area contributed by atoms with E-state index in [0.717, 1.165) is 0 Å². The first-order valence-corrected chi connectivity index (χ1v) is 6.53. The van der Waals surface area contributed by atoms with Crippen molar-refractivity contribution in [2.45, 2.75) is 6.54 Å².